The zero-order valence-electron chi connectivity index (χ0n) is 15.3. The molecule has 1 aliphatic rings. The number of methoxy groups -OCH3 is 1. The number of amides is 1. The highest BCUT2D eigenvalue weighted by atomic mass is 16.5. The van der Waals surface area contributed by atoms with Crippen molar-refractivity contribution in [2.24, 2.45) is 0 Å². The van der Waals surface area contributed by atoms with Gasteiger partial charge in [0.1, 0.15) is 12.4 Å². The molecule has 0 bridgehead atoms. The molecule has 1 saturated heterocycles. The largest absolute Gasteiger partial charge is 0.453 e. The van der Waals surface area contributed by atoms with Crippen LogP contribution in [0, 0.1) is 0 Å². The highest BCUT2D eigenvalue weighted by Crippen LogP contribution is 2.09. The van der Waals surface area contributed by atoms with Crippen molar-refractivity contribution in [3.05, 3.63) is 59.5 Å². The van der Waals surface area contributed by atoms with Crippen molar-refractivity contribution in [1.29, 1.82) is 0 Å². The summed E-state index contributed by atoms with van der Waals surface area (Å²) in [6, 6.07) is 14.0. The number of benzene rings is 1. The lowest BCUT2D eigenvalue weighted by molar-refractivity contribution is 0.0899. The minimum atomic E-state index is -0.171. The van der Waals surface area contributed by atoms with Gasteiger partial charge in [-0.25, -0.2) is 0 Å². The number of hydrogen-bond acceptors (Lipinski definition) is 5. The maximum Gasteiger partial charge on any atom is 0.287 e. The molecule has 0 radical (unpaired) electrons. The Labute approximate surface area is 154 Å². The van der Waals surface area contributed by atoms with Crippen LogP contribution in [0.5, 0.6) is 0 Å². The van der Waals surface area contributed by atoms with Gasteiger partial charge in [-0.3, -0.25) is 14.6 Å². The van der Waals surface area contributed by atoms with Gasteiger partial charge >= 0.3 is 0 Å². The molecular formula is C20H27N3O3. The second kappa shape index (κ2) is 9.52. The monoisotopic (exact) mass is 357 g/mol. The number of carbonyl (C=O) groups excluding carboxylic acids is 1. The molecule has 0 saturated carbocycles. The van der Waals surface area contributed by atoms with E-state index >= 15 is 0 Å². The first kappa shape index (κ1) is 18.6. The highest BCUT2D eigenvalue weighted by molar-refractivity contribution is 5.91. The molecule has 1 aromatic heterocycles. The van der Waals surface area contributed by atoms with Crippen molar-refractivity contribution in [2.45, 2.75) is 13.2 Å². The number of piperazine rings is 1. The third kappa shape index (κ3) is 5.42. The van der Waals surface area contributed by atoms with E-state index in [1.54, 1.807) is 19.2 Å². The predicted octanol–water partition coefficient (Wildman–Crippen LogP) is 1.97. The van der Waals surface area contributed by atoms with Crippen LogP contribution in [0.15, 0.2) is 46.9 Å². The standard InChI is InChI=1S/C20H27N3O3/c1-25-16-18-7-8-19(26-18)20(24)21-9-10-22-11-13-23(14-12-22)15-17-5-3-2-4-6-17/h2-8H,9-16H2,1H3,(H,21,24). The van der Waals surface area contributed by atoms with Crippen LogP contribution in [-0.2, 0) is 17.9 Å². The maximum atomic E-state index is 12.1. The summed E-state index contributed by atoms with van der Waals surface area (Å²) in [7, 11) is 1.60. The highest BCUT2D eigenvalue weighted by Gasteiger charge is 2.17. The molecular weight excluding hydrogens is 330 g/mol. The molecule has 3 rings (SSSR count). The molecule has 2 heterocycles. The molecule has 1 N–H and O–H groups in total. The maximum absolute atomic E-state index is 12.1. The molecule has 2 aromatic rings. The van der Waals surface area contributed by atoms with Crippen molar-refractivity contribution >= 4 is 5.91 Å². The van der Waals surface area contributed by atoms with E-state index in [-0.39, 0.29) is 5.91 Å². The molecule has 0 aliphatic carbocycles. The van der Waals surface area contributed by atoms with Crippen LogP contribution >= 0.6 is 0 Å². The summed E-state index contributed by atoms with van der Waals surface area (Å²) in [6.45, 7) is 7.04. The Kier molecular flexibility index (Phi) is 6.82. The molecule has 0 spiro atoms. The molecule has 6 nitrogen and oxygen atoms in total. The van der Waals surface area contributed by atoms with Gasteiger partial charge in [-0.05, 0) is 17.7 Å². The van der Waals surface area contributed by atoms with E-state index in [9.17, 15) is 4.79 Å². The van der Waals surface area contributed by atoms with Crippen LogP contribution in [0.25, 0.3) is 0 Å². The summed E-state index contributed by atoms with van der Waals surface area (Å²) in [6.07, 6.45) is 0. The van der Waals surface area contributed by atoms with E-state index in [1.807, 2.05) is 0 Å². The van der Waals surface area contributed by atoms with E-state index in [1.165, 1.54) is 5.56 Å². The lowest BCUT2D eigenvalue weighted by Gasteiger charge is -2.34. The van der Waals surface area contributed by atoms with Crippen molar-refractivity contribution in [1.82, 2.24) is 15.1 Å². The molecule has 1 fully saturated rings. The lowest BCUT2D eigenvalue weighted by Crippen LogP contribution is -2.48. The zero-order chi connectivity index (χ0) is 18.2. The number of nitrogens with zero attached hydrogens (tertiary/aromatic N) is 2. The average molecular weight is 357 g/mol. The van der Waals surface area contributed by atoms with Gasteiger partial charge in [-0.2, -0.15) is 0 Å². The zero-order valence-corrected chi connectivity index (χ0v) is 15.3. The van der Waals surface area contributed by atoms with Gasteiger partial charge in [0.2, 0.25) is 0 Å². The Morgan fingerprint density at radius 2 is 1.81 bits per heavy atom. The molecule has 140 valence electrons. The summed E-state index contributed by atoms with van der Waals surface area (Å²) in [5, 5.41) is 2.92. The van der Waals surface area contributed by atoms with Gasteiger partial charge in [-0.1, -0.05) is 30.3 Å². The molecule has 0 unspecified atom stereocenters. The Morgan fingerprint density at radius 3 is 2.54 bits per heavy atom. The van der Waals surface area contributed by atoms with Crippen LogP contribution in [0.1, 0.15) is 21.9 Å². The number of rotatable bonds is 8. The van der Waals surface area contributed by atoms with Crippen molar-refractivity contribution < 1.29 is 13.9 Å². The fourth-order valence-corrected chi connectivity index (χ4v) is 3.15. The van der Waals surface area contributed by atoms with Crippen molar-refractivity contribution in [2.75, 3.05) is 46.4 Å². The number of nitrogens with one attached hydrogen (secondary N) is 1. The second-order valence-electron chi connectivity index (χ2n) is 6.56. The van der Waals surface area contributed by atoms with E-state index in [0.717, 1.165) is 39.3 Å². The summed E-state index contributed by atoms with van der Waals surface area (Å²) in [4.78, 5) is 17.0. The Balaban J connectivity index is 1.34. The van der Waals surface area contributed by atoms with Crippen LogP contribution in [-0.4, -0.2) is 62.1 Å². The van der Waals surface area contributed by atoms with Crippen molar-refractivity contribution in [3.63, 3.8) is 0 Å². The van der Waals surface area contributed by atoms with Gasteiger partial charge in [0.15, 0.2) is 5.76 Å². The van der Waals surface area contributed by atoms with Crippen LogP contribution < -0.4 is 5.32 Å². The van der Waals surface area contributed by atoms with Crippen LogP contribution in [0.2, 0.25) is 0 Å². The molecule has 1 amide bonds. The first-order valence-electron chi connectivity index (χ1n) is 9.09. The number of hydrogen-bond donors (Lipinski definition) is 1. The first-order chi connectivity index (χ1) is 12.7. The third-order valence-corrected chi connectivity index (χ3v) is 4.60. The van der Waals surface area contributed by atoms with Gasteiger partial charge in [0.25, 0.3) is 5.91 Å². The molecule has 1 aliphatic heterocycles. The fourth-order valence-electron chi connectivity index (χ4n) is 3.15. The number of ether oxygens (including phenoxy) is 1. The number of furan rings is 1. The Morgan fingerprint density at radius 1 is 1.08 bits per heavy atom. The molecule has 6 heteroatoms. The Hall–Kier alpha value is -2.15. The minimum Gasteiger partial charge on any atom is -0.453 e. The van der Waals surface area contributed by atoms with Gasteiger partial charge in [0, 0.05) is 52.9 Å². The second-order valence-corrected chi connectivity index (χ2v) is 6.56. The van der Waals surface area contributed by atoms with Crippen LogP contribution in [0.3, 0.4) is 0 Å². The smallest absolute Gasteiger partial charge is 0.287 e. The fraction of sp³-hybridized carbons (Fsp3) is 0.450. The van der Waals surface area contributed by atoms with E-state index in [4.69, 9.17) is 9.15 Å². The first-order valence-corrected chi connectivity index (χ1v) is 9.09. The Bertz CT molecular complexity index is 679. The summed E-state index contributed by atoms with van der Waals surface area (Å²) in [5.41, 5.74) is 1.36. The molecule has 1 aromatic carbocycles. The summed E-state index contributed by atoms with van der Waals surface area (Å²) in [5.74, 6) is 0.826. The van der Waals surface area contributed by atoms with E-state index in [0.29, 0.717) is 24.7 Å². The normalized spacial score (nSPS) is 15.9. The average Bonchev–Trinajstić information content (AvgIpc) is 3.13. The summed E-state index contributed by atoms with van der Waals surface area (Å²) >= 11 is 0. The SMILES string of the molecule is COCc1ccc(C(=O)NCCN2CCN(Cc3ccccc3)CC2)o1. The minimum absolute atomic E-state index is 0.171. The topological polar surface area (TPSA) is 58.0 Å². The quantitative estimate of drug-likeness (QED) is 0.783. The lowest BCUT2D eigenvalue weighted by atomic mass is 10.2. The molecule has 0 atom stereocenters. The third-order valence-electron chi connectivity index (χ3n) is 4.60. The van der Waals surface area contributed by atoms with E-state index < -0.39 is 0 Å². The van der Waals surface area contributed by atoms with Crippen LogP contribution in [0.4, 0.5) is 0 Å². The predicted molar refractivity (Wildman–Crippen MR) is 99.9 cm³/mol. The van der Waals surface area contributed by atoms with Gasteiger partial charge < -0.3 is 14.5 Å². The number of carbonyl (C=O) groups is 1. The van der Waals surface area contributed by atoms with Gasteiger partial charge in [-0.15, -0.1) is 0 Å². The van der Waals surface area contributed by atoms with Gasteiger partial charge in [0.05, 0.1) is 0 Å². The summed E-state index contributed by atoms with van der Waals surface area (Å²) < 4.78 is 10.4. The van der Waals surface area contributed by atoms with Crippen molar-refractivity contribution in [3.8, 4) is 0 Å². The van der Waals surface area contributed by atoms with E-state index in [2.05, 4.69) is 45.4 Å². The molecule has 26 heavy (non-hydrogen) atoms.